The summed E-state index contributed by atoms with van der Waals surface area (Å²) in [5, 5.41) is 9.47. The van der Waals surface area contributed by atoms with Crippen LogP contribution in [-0.2, 0) is 17.6 Å². The van der Waals surface area contributed by atoms with E-state index in [2.05, 4.69) is 4.98 Å². The fraction of sp³-hybridized carbons (Fsp3) is 0.333. The van der Waals surface area contributed by atoms with Crippen molar-refractivity contribution in [2.75, 3.05) is 5.75 Å². The molecule has 0 radical (unpaired) electrons. The Morgan fingerprint density at radius 3 is 3.00 bits per heavy atom. The number of nitrogens with two attached hydrogens (primary N) is 1. The molecule has 3 rings (SSSR count). The van der Waals surface area contributed by atoms with Crippen LogP contribution < -0.4 is 5.73 Å². The molecule has 5 nitrogen and oxygen atoms in total. The molecule has 1 aliphatic carbocycles. The molecule has 2 aromatic rings. The molecule has 24 heavy (non-hydrogen) atoms. The number of carboxylic acids is 1. The maximum absolute atomic E-state index is 13.9. The van der Waals surface area contributed by atoms with Gasteiger partial charge in [0.15, 0.2) is 16.8 Å². The number of hydrogen-bond donors (Lipinski definition) is 2. The van der Waals surface area contributed by atoms with Crippen molar-refractivity contribution >= 4 is 27.6 Å². The van der Waals surface area contributed by atoms with Crippen LogP contribution >= 0.6 is 21.6 Å². The van der Waals surface area contributed by atoms with E-state index in [1.165, 1.54) is 21.6 Å². The number of aromatic nitrogens is 2. The summed E-state index contributed by atoms with van der Waals surface area (Å²) in [4.78, 5) is 15.0. The molecule has 0 saturated carbocycles. The maximum Gasteiger partial charge on any atom is 0.321 e. The topological polar surface area (TPSA) is 81.1 Å². The fourth-order valence-electron chi connectivity index (χ4n) is 2.68. The van der Waals surface area contributed by atoms with Gasteiger partial charge in [-0.3, -0.25) is 4.79 Å². The zero-order valence-corrected chi connectivity index (χ0v) is 14.1. The van der Waals surface area contributed by atoms with Gasteiger partial charge in [-0.15, -0.1) is 0 Å². The Kier molecular flexibility index (Phi) is 5.12. The van der Waals surface area contributed by atoms with Crippen LogP contribution in [0.1, 0.15) is 17.2 Å². The number of nitrogens with zero attached hydrogens (tertiary/aromatic N) is 2. The molecule has 3 N–H and O–H groups in total. The summed E-state index contributed by atoms with van der Waals surface area (Å²) in [6.45, 7) is 0. The molecule has 0 spiro atoms. The second kappa shape index (κ2) is 7.12. The minimum atomic E-state index is -1.05. The number of hydrogen-bond acceptors (Lipinski definition) is 5. The van der Waals surface area contributed by atoms with Crippen LogP contribution in [-0.4, -0.2) is 32.4 Å². The lowest BCUT2D eigenvalue weighted by molar-refractivity contribution is -0.137. The minimum absolute atomic E-state index is 0.0324. The first-order valence-electron chi connectivity index (χ1n) is 7.23. The molecule has 2 unspecified atom stereocenters. The van der Waals surface area contributed by atoms with Crippen LogP contribution in [0, 0.1) is 11.6 Å². The van der Waals surface area contributed by atoms with E-state index in [4.69, 9.17) is 10.8 Å². The molecular weight excluding hydrogens is 356 g/mol. The summed E-state index contributed by atoms with van der Waals surface area (Å²) in [6.07, 6.45) is 4.45. The van der Waals surface area contributed by atoms with Crippen molar-refractivity contribution in [1.29, 1.82) is 0 Å². The van der Waals surface area contributed by atoms with Gasteiger partial charge in [-0.25, -0.2) is 13.8 Å². The zero-order chi connectivity index (χ0) is 17.3. The highest BCUT2D eigenvalue weighted by Gasteiger charge is 2.28. The summed E-state index contributed by atoms with van der Waals surface area (Å²) < 4.78 is 29.2. The Morgan fingerprint density at radius 2 is 2.25 bits per heavy atom. The second-order valence-electron chi connectivity index (χ2n) is 5.49. The summed E-state index contributed by atoms with van der Waals surface area (Å²) in [5.41, 5.74) is 6.70. The maximum atomic E-state index is 13.9. The van der Waals surface area contributed by atoms with Crippen LogP contribution in [0.4, 0.5) is 8.78 Å². The van der Waals surface area contributed by atoms with Crippen molar-refractivity contribution in [2.24, 2.45) is 5.73 Å². The molecule has 0 fully saturated rings. The largest absolute Gasteiger partial charge is 0.480 e. The van der Waals surface area contributed by atoms with Crippen LogP contribution in [0.3, 0.4) is 0 Å². The Labute approximate surface area is 145 Å². The first-order chi connectivity index (χ1) is 11.5. The van der Waals surface area contributed by atoms with Crippen LogP contribution in [0.2, 0.25) is 0 Å². The number of fused-ring (bicyclic) bond motifs is 1. The Hall–Kier alpha value is -1.58. The molecule has 1 aromatic heterocycles. The number of carboxylic acid groups (broad SMARTS) is 1. The average molecular weight is 371 g/mol. The van der Waals surface area contributed by atoms with E-state index < -0.39 is 23.6 Å². The van der Waals surface area contributed by atoms with Gasteiger partial charge in [0.05, 0.1) is 0 Å². The van der Waals surface area contributed by atoms with E-state index in [9.17, 15) is 13.6 Å². The predicted molar refractivity (Wildman–Crippen MR) is 89.0 cm³/mol. The highest BCUT2D eigenvalue weighted by molar-refractivity contribution is 8.76. The number of halogens is 2. The molecule has 0 amide bonds. The molecule has 1 heterocycles. The Morgan fingerprint density at radius 1 is 1.46 bits per heavy atom. The lowest BCUT2D eigenvalue weighted by Crippen LogP contribution is -2.32. The fourth-order valence-corrected chi connectivity index (χ4v) is 4.89. The first-order valence-corrected chi connectivity index (χ1v) is 9.55. The summed E-state index contributed by atoms with van der Waals surface area (Å²) in [6, 6.07) is 1.82. The molecule has 128 valence electrons. The quantitative estimate of drug-likeness (QED) is 0.760. The molecule has 0 saturated heterocycles. The van der Waals surface area contributed by atoms with Crippen molar-refractivity contribution in [3.8, 4) is 0 Å². The third-order valence-corrected chi connectivity index (χ3v) is 6.20. The van der Waals surface area contributed by atoms with E-state index >= 15 is 0 Å². The molecule has 9 heteroatoms. The predicted octanol–water partition coefficient (Wildman–Crippen LogP) is 2.65. The normalized spacial score (nSPS) is 17.7. The van der Waals surface area contributed by atoms with Gasteiger partial charge in [0.1, 0.15) is 6.04 Å². The van der Waals surface area contributed by atoms with Crippen molar-refractivity contribution < 1.29 is 18.7 Å². The third kappa shape index (κ3) is 3.42. The van der Waals surface area contributed by atoms with Crippen LogP contribution in [0.15, 0.2) is 29.7 Å². The Balaban J connectivity index is 1.68. The van der Waals surface area contributed by atoms with Gasteiger partial charge in [0.25, 0.3) is 0 Å². The van der Waals surface area contributed by atoms with Gasteiger partial charge in [0.2, 0.25) is 0 Å². The summed E-state index contributed by atoms with van der Waals surface area (Å²) >= 11 is 0. The number of imidazole rings is 1. The highest BCUT2D eigenvalue weighted by atomic mass is 33.1. The minimum Gasteiger partial charge on any atom is -0.480 e. The van der Waals surface area contributed by atoms with Gasteiger partial charge in [0, 0.05) is 24.2 Å². The van der Waals surface area contributed by atoms with Crippen molar-refractivity contribution in [3.05, 3.63) is 47.3 Å². The summed E-state index contributed by atoms with van der Waals surface area (Å²) in [5.74, 6) is -2.40. The SMILES string of the molecule is NC(CSSc1nccn1C1Cc2ccc(F)c(F)c2C1)C(=O)O. The lowest BCUT2D eigenvalue weighted by Gasteiger charge is -2.14. The lowest BCUT2D eigenvalue weighted by atomic mass is 10.1. The molecule has 0 bridgehead atoms. The van der Waals surface area contributed by atoms with Gasteiger partial charge in [-0.05, 0) is 40.8 Å². The van der Waals surface area contributed by atoms with Crippen molar-refractivity contribution in [2.45, 2.75) is 30.1 Å². The molecule has 1 aromatic carbocycles. The van der Waals surface area contributed by atoms with Gasteiger partial charge in [-0.2, -0.15) is 0 Å². The average Bonchev–Trinajstić information content (AvgIpc) is 3.17. The number of aliphatic carboxylic acids is 1. The third-order valence-electron chi connectivity index (χ3n) is 3.91. The van der Waals surface area contributed by atoms with E-state index in [0.29, 0.717) is 23.6 Å². The molecular formula is C15H15F2N3O2S2. The molecule has 1 aliphatic rings. The van der Waals surface area contributed by atoms with E-state index in [1.807, 2.05) is 4.57 Å². The van der Waals surface area contributed by atoms with Crippen molar-refractivity contribution in [1.82, 2.24) is 9.55 Å². The molecule has 2 atom stereocenters. The monoisotopic (exact) mass is 371 g/mol. The van der Waals surface area contributed by atoms with Gasteiger partial charge in [-0.1, -0.05) is 16.9 Å². The molecule has 0 aliphatic heterocycles. The highest BCUT2D eigenvalue weighted by Crippen LogP contribution is 2.37. The zero-order valence-electron chi connectivity index (χ0n) is 12.5. The van der Waals surface area contributed by atoms with E-state index in [1.54, 1.807) is 18.5 Å². The second-order valence-corrected chi connectivity index (χ2v) is 7.80. The van der Waals surface area contributed by atoms with E-state index in [-0.39, 0.29) is 11.8 Å². The standard InChI is InChI=1S/C15H15F2N3O2S2/c16-11-2-1-8-5-9(6-10(8)13(11)17)20-4-3-19-15(20)24-23-7-12(18)14(21)22/h1-4,9,12H,5-7,18H2,(H,21,22). The van der Waals surface area contributed by atoms with Gasteiger partial charge >= 0.3 is 5.97 Å². The van der Waals surface area contributed by atoms with Crippen molar-refractivity contribution in [3.63, 3.8) is 0 Å². The van der Waals surface area contributed by atoms with Crippen LogP contribution in [0.25, 0.3) is 0 Å². The number of carbonyl (C=O) groups is 1. The van der Waals surface area contributed by atoms with Crippen LogP contribution in [0.5, 0.6) is 0 Å². The summed E-state index contributed by atoms with van der Waals surface area (Å²) in [7, 11) is 2.63. The number of benzene rings is 1. The number of rotatable bonds is 6. The smallest absolute Gasteiger partial charge is 0.321 e. The first kappa shape index (κ1) is 17.2. The Bertz CT molecular complexity index is 769. The van der Waals surface area contributed by atoms with E-state index in [0.717, 1.165) is 11.6 Å². The van der Waals surface area contributed by atoms with Gasteiger partial charge < -0.3 is 15.4 Å².